The number of hydrogen-bond acceptors (Lipinski definition) is 6. The van der Waals surface area contributed by atoms with Gasteiger partial charge in [0.05, 0.1) is 39.9 Å². The standard InChI is InChI=1S/C44H91N2O6P/c1-6-8-10-12-14-16-17-18-19-20-21-22-23-24-25-26-27-28-30-32-34-36-38-44(48)45-42(41-52-53(49,50)51-40-39-46(3,4)5)43(47)37-35-33-31-29-15-13-11-9-7-2/h42-43,47H,6-41H2,1-5H3,(H-,45,48,49,50). The summed E-state index contributed by atoms with van der Waals surface area (Å²) in [6.45, 7) is 4.71. The third-order valence-corrected chi connectivity index (χ3v) is 11.6. The maximum absolute atomic E-state index is 12.8. The van der Waals surface area contributed by atoms with E-state index in [0.29, 0.717) is 23.9 Å². The summed E-state index contributed by atoms with van der Waals surface area (Å²) in [5.41, 5.74) is 0. The highest BCUT2D eigenvalue weighted by molar-refractivity contribution is 7.45. The third kappa shape index (κ3) is 39.5. The molecular weight excluding hydrogens is 683 g/mol. The van der Waals surface area contributed by atoms with E-state index in [0.717, 1.165) is 38.5 Å². The van der Waals surface area contributed by atoms with Gasteiger partial charge in [-0.15, -0.1) is 0 Å². The molecule has 0 saturated heterocycles. The van der Waals surface area contributed by atoms with Crippen LogP contribution in [0.4, 0.5) is 0 Å². The molecule has 0 aliphatic rings. The minimum Gasteiger partial charge on any atom is -0.756 e. The second-order valence-corrected chi connectivity index (χ2v) is 18.5. The summed E-state index contributed by atoms with van der Waals surface area (Å²) < 4.78 is 23.2. The van der Waals surface area contributed by atoms with Crippen molar-refractivity contribution in [2.45, 2.75) is 238 Å². The van der Waals surface area contributed by atoms with E-state index in [1.165, 1.54) is 161 Å². The van der Waals surface area contributed by atoms with Gasteiger partial charge < -0.3 is 28.8 Å². The fourth-order valence-electron chi connectivity index (χ4n) is 6.92. The Balaban J connectivity index is 4.13. The maximum atomic E-state index is 12.8. The quantitative estimate of drug-likeness (QED) is 0.0363. The first kappa shape index (κ1) is 52.5. The van der Waals surface area contributed by atoms with Gasteiger partial charge in [-0.3, -0.25) is 9.36 Å². The Bertz CT molecular complexity index is 839. The number of quaternary nitrogens is 1. The van der Waals surface area contributed by atoms with E-state index in [1.54, 1.807) is 0 Å². The largest absolute Gasteiger partial charge is 0.756 e. The molecule has 0 bridgehead atoms. The van der Waals surface area contributed by atoms with Crippen LogP contribution in [-0.4, -0.2) is 68.5 Å². The lowest BCUT2D eigenvalue weighted by Gasteiger charge is -2.30. The van der Waals surface area contributed by atoms with Crippen LogP contribution in [0.25, 0.3) is 0 Å². The van der Waals surface area contributed by atoms with Crippen LogP contribution < -0.4 is 10.2 Å². The molecule has 0 fully saturated rings. The second-order valence-electron chi connectivity index (χ2n) is 17.1. The Morgan fingerprint density at radius 1 is 0.585 bits per heavy atom. The van der Waals surface area contributed by atoms with E-state index < -0.39 is 20.0 Å². The molecule has 0 aromatic heterocycles. The van der Waals surface area contributed by atoms with Crippen molar-refractivity contribution in [2.24, 2.45) is 0 Å². The monoisotopic (exact) mass is 775 g/mol. The van der Waals surface area contributed by atoms with Gasteiger partial charge in [-0.1, -0.05) is 206 Å². The summed E-state index contributed by atoms with van der Waals surface area (Å²) >= 11 is 0. The lowest BCUT2D eigenvalue weighted by atomic mass is 10.0. The second kappa shape index (κ2) is 37.1. The van der Waals surface area contributed by atoms with E-state index >= 15 is 0 Å². The number of nitrogens with one attached hydrogen (secondary N) is 1. The molecule has 2 N–H and O–H groups in total. The molecule has 0 radical (unpaired) electrons. The Morgan fingerprint density at radius 3 is 1.28 bits per heavy atom. The van der Waals surface area contributed by atoms with E-state index in [4.69, 9.17) is 9.05 Å². The number of carbonyl (C=O) groups is 1. The zero-order valence-electron chi connectivity index (χ0n) is 36.0. The van der Waals surface area contributed by atoms with E-state index in [-0.39, 0.29) is 19.1 Å². The predicted molar refractivity (Wildman–Crippen MR) is 224 cm³/mol. The number of likely N-dealkylation sites (N-methyl/N-ethyl adjacent to an activating group) is 1. The van der Waals surface area contributed by atoms with Gasteiger partial charge in [-0.05, 0) is 12.8 Å². The molecule has 3 atom stereocenters. The summed E-state index contributed by atoms with van der Waals surface area (Å²) in [6, 6.07) is -0.791. The molecule has 0 aromatic carbocycles. The Hall–Kier alpha value is -0.500. The molecule has 0 aliphatic carbocycles. The molecule has 8 nitrogen and oxygen atoms in total. The molecule has 9 heteroatoms. The van der Waals surface area contributed by atoms with Gasteiger partial charge in [0.1, 0.15) is 13.2 Å². The lowest BCUT2D eigenvalue weighted by Crippen LogP contribution is -2.46. The summed E-state index contributed by atoms with van der Waals surface area (Å²) in [6.07, 6.45) is 39.8. The number of carbonyl (C=O) groups excluding carboxylic acids is 1. The molecule has 0 rings (SSSR count). The van der Waals surface area contributed by atoms with Crippen molar-refractivity contribution in [3.05, 3.63) is 0 Å². The van der Waals surface area contributed by atoms with Gasteiger partial charge in [-0.25, -0.2) is 0 Å². The van der Waals surface area contributed by atoms with Gasteiger partial charge in [0, 0.05) is 6.42 Å². The molecular formula is C44H91N2O6P. The van der Waals surface area contributed by atoms with Gasteiger partial charge in [0.15, 0.2) is 0 Å². The summed E-state index contributed by atoms with van der Waals surface area (Å²) in [7, 11) is 1.31. The average Bonchev–Trinajstić information content (AvgIpc) is 3.10. The summed E-state index contributed by atoms with van der Waals surface area (Å²) in [5.74, 6) is -0.162. The fourth-order valence-corrected chi connectivity index (χ4v) is 7.65. The van der Waals surface area contributed by atoms with Crippen LogP contribution in [0.5, 0.6) is 0 Å². The SMILES string of the molecule is CCCCCCCCCCCCCCCCCCCCCCCCC(=O)NC(COP(=O)([O-])OCC[N+](C)(C)C)C(O)CCCCCCCCCCC. The number of aliphatic hydroxyl groups excluding tert-OH is 1. The number of phosphoric acid groups is 1. The highest BCUT2D eigenvalue weighted by atomic mass is 31.2. The van der Waals surface area contributed by atoms with Crippen LogP contribution in [0.2, 0.25) is 0 Å². The normalized spacial score (nSPS) is 14.3. The number of amides is 1. The van der Waals surface area contributed by atoms with Crippen LogP contribution in [0.15, 0.2) is 0 Å². The third-order valence-electron chi connectivity index (χ3n) is 10.6. The number of aliphatic hydroxyl groups is 1. The van der Waals surface area contributed by atoms with Crippen LogP contribution >= 0.6 is 7.82 Å². The smallest absolute Gasteiger partial charge is 0.268 e. The Kier molecular flexibility index (Phi) is 36.7. The van der Waals surface area contributed by atoms with Crippen LogP contribution in [-0.2, 0) is 18.4 Å². The van der Waals surface area contributed by atoms with E-state index in [9.17, 15) is 19.4 Å². The van der Waals surface area contributed by atoms with E-state index in [2.05, 4.69) is 19.2 Å². The van der Waals surface area contributed by atoms with Gasteiger partial charge in [0.2, 0.25) is 5.91 Å². The van der Waals surface area contributed by atoms with Crippen molar-refractivity contribution in [3.63, 3.8) is 0 Å². The fraction of sp³-hybridized carbons (Fsp3) is 0.977. The van der Waals surface area contributed by atoms with Crippen molar-refractivity contribution < 1.29 is 32.9 Å². The van der Waals surface area contributed by atoms with Crippen molar-refractivity contribution >= 4 is 13.7 Å². The van der Waals surface area contributed by atoms with Gasteiger partial charge in [0.25, 0.3) is 7.82 Å². The van der Waals surface area contributed by atoms with Crippen molar-refractivity contribution in [2.75, 3.05) is 40.9 Å². The molecule has 0 aliphatic heterocycles. The Labute approximate surface area is 329 Å². The van der Waals surface area contributed by atoms with Crippen molar-refractivity contribution in [1.82, 2.24) is 5.32 Å². The van der Waals surface area contributed by atoms with Gasteiger partial charge in [-0.2, -0.15) is 0 Å². The number of nitrogens with zero attached hydrogens (tertiary/aromatic N) is 1. The average molecular weight is 775 g/mol. The molecule has 0 saturated carbocycles. The number of rotatable bonds is 42. The molecule has 318 valence electrons. The van der Waals surface area contributed by atoms with Crippen molar-refractivity contribution in [3.8, 4) is 0 Å². The lowest BCUT2D eigenvalue weighted by molar-refractivity contribution is -0.870. The summed E-state index contributed by atoms with van der Waals surface area (Å²) in [4.78, 5) is 25.3. The first-order valence-electron chi connectivity index (χ1n) is 22.9. The first-order valence-corrected chi connectivity index (χ1v) is 24.3. The highest BCUT2D eigenvalue weighted by Gasteiger charge is 2.24. The topological polar surface area (TPSA) is 108 Å². The minimum absolute atomic E-state index is 0.0157. The predicted octanol–water partition coefficient (Wildman–Crippen LogP) is 12.0. The van der Waals surface area contributed by atoms with Crippen molar-refractivity contribution in [1.29, 1.82) is 0 Å². The molecule has 53 heavy (non-hydrogen) atoms. The van der Waals surface area contributed by atoms with Crippen LogP contribution in [0, 0.1) is 0 Å². The first-order chi connectivity index (χ1) is 25.5. The Morgan fingerprint density at radius 2 is 0.925 bits per heavy atom. The zero-order chi connectivity index (χ0) is 39.3. The molecule has 3 unspecified atom stereocenters. The van der Waals surface area contributed by atoms with Crippen LogP contribution in [0.1, 0.15) is 226 Å². The molecule has 0 spiro atoms. The van der Waals surface area contributed by atoms with E-state index in [1.807, 2.05) is 21.1 Å². The molecule has 1 amide bonds. The minimum atomic E-state index is -4.55. The number of phosphoric ester groups is 1. The van der Waals surface area contributed by atoms with Crippen LogP contribution in [0.3, 0.4) is 0 Å². The zero-order valence-corrected chi connectivity index (χ0v) is 36.9. The molecule has 0 heterocycles. The highest BCUT2D eigenvalue weighted by Crippen LogP contribution is 2.38. The number of unbranched alkanes of at least 4 members (excludes halogenated alkanes) is 29. The van der Waals surface area contributed by atoms with Gasteiger partial charge >= 0.3 is 0 Å². The molecule has 0 aromatic rings. The summed E-state index contributed by atoms with van der Waals surface area (Å²) in [5, 5.41) is 13.8. The number of hydrogen-bond donors (Lipinski definition) is 2. The maximum Gasteiger partial charge on any atom is 0.268 e.